The van der Waals surface area contributed by atoms with E-state index < -0.39 is 21.2 Å². The summed E-state index contributed by atoms with van der Waals surface area (Å²) in [6.07, 6.45) is 1.69. The number of halogens is 2. The van der Waals surface area contributed by atoms with Gasteiger partial charge in [-0.15, -0.1) is 0 Å². The molecular weight excluding hydrogens is 449 g/mol. The summed E-state index contributed by atoms with van der Waals surface area (Å²) in [5.41, 5.74) is 0.934. The minimum absolute atomic E-state index is 0.0380. The Labute approximate surface area is 186 Å². The summed E-state index contributed by atoms with van der Waals surface area (Å²) in [4.78, 5) is 23.5. The summed E-state index contributed by atoms with van der Waals surface area (Å²) in [7, 11) is -3.77. The lowest BCUT2D eigenvalue weighted by Gasteiger charge is -2.18. The number of unbranched alkanes of at least 4 members (excludes halogenated alkanes) is 1. The third kappa shape index (κ3) is 6.72. The molecule has 6 nitrogen and oxygen atoms in total. The van der Waals surface area contributed by atoms with Gasteiger partial charge < -0.3 is 5.11 Å². The normalized spacial score (nSPS) is 12.4. The number of carboxylic acids is 1. The molecule has 2 rings (SSSR count). The topological polar surface area (TPSA) is 101 Å². The van der Waals surface area contributed by atoms with Crippen LogP contribution in [0.1, 0.15) is 54.9 Å². The van der Waals surface area contributed by atoms with Crippen molar-refractivity contribution in [3.05, 3.63) is 63.6 Å². The van der Waals surface area contributed by atoms with E-state index in [4.69, 9.17) is 28.3 Å². The monoisotopic (exact) mass is 471 g/mol. The maximum atomic E-state index is 12.7. The highest BCUT2D eigenvalue weighted by Crippen LogP contribution is 2.25. The molecule has 0 aromatic heterocycles. The lowest BCUT2D eigenvalue weighted by Crippen LogP contribution is -2.28. The Morgan fingerprint density at radius 3 is 2.30 bits per heavy atom. The Kier molecular flexibility index (Phi) is 8.70. The van der Waals surface area contributed by atoms with Gasteiger partial charge in [-0.05, 0) is 55.3 Å². The first kappa shape index (κ1) is 24.2. The number of carbonyl (C=O) groups is 2. The van der Waals surface area contributed by atoms with Crippen LogP contribution in [0.3, 0.4) is 0 Å². The number of nitrogens with one attached hydrogen (secondary N) is 1. The van der Waals surface area contributed by atoms with Crippen LogP contribution in [0.2, 0.25) is 10.0 Å². The van der Waals surface area contributed by atoms with E-state index in [0.29, 0.717) is 34.7 Å². The van der Waals surface area contributed by atoms with Crippen molar-refractivity contribution >= 4 is 50.7 Å². The van der Waals surface area contributed by atoms with Crippen molar-refractivity contribution in [1.29, 1.82) is 0 Å². The fraction of sp³-hybridized carbons (Fsp3) is 0.333. The average Bonchev–Trinajstić information content (AvgIpc) is 2.67. The second kappa shape index (κ2) is 10.8. The van der Waals surface area contributed by atoms with Gasteiger partial charge in [0.1, 0.15) is 0 Å². The Hall–Kier alpha value is -2.09. The Morgan fingerprint density at radius 2 is 1.73 bits per heavy atom. The number of carbonyl (C=O) groups excluding carboxylic acids is 1. The smallest absolute Gasteiger partial charge is 0.303 e. The van der Waals surface area contributed by atoms with E-state index in [0.717, 1.165) is 6.42 Å². The molecule has 0 fully saturated rings. The summed E-state index contributed by atoms with van der Waals surface area (Å²) in [5, 5.41) is 8.74. The van der Waals surface area contributed by atoms with E-state index in [1.165, 1.54) is 36.4 Å². The van der Waals surface area contributed by atoms with Crippen LogP contribution in [-0.4, -0.2) is 30.5 Å². The lowest BCUT2D eigenvalue weighted by molar-refractivity contribution is -0.137. The molecular formula is C21H23Cl2NO5S. The lowest BCUT2D eigenvalue weighted by atomic mass is 10.0. The molecule has 2 N–H and O–H groups in total. The van der Waals surface area contributed by atoms with Crippen molar-refractivity contribution < 1.29 is 23.1 Å². The van der Waals surface area contributed by atoms with Crippen molar-refractivity contribution in [2.75, 3.05) is 4.72 Å². The summed E-state index contributed by atoms with van der Waals surface area (Å²) >= 11 is 11.9. The van der Waals surface area contributed by atoms with Crippen LogP contribution in [0.4, 0.5) is 5.69 Å². The van der Waals surface area contributed by atoms with E-state index in [1.807, 2.05) is 6.92 Å². The van der Waals surface area contributed by atoms with Gasteiger partial charge in [-0.1, -0.05) is 43.0 Å². The Bertz CT molecular complexity index is 1010. The third-order valence-electron chi connectivity index (χ3n) is 4.58. The van der Waals surface area contributed by atoms with Gasteiger partial charge in [-0.2, -0.15) is 0 Å². The van der Waals surface area contributed by atoms with E-state index in [1.54, 1.807) is 6.07 Å². The maximum absolute atomic E-state index is 12.7. The molecule has 0 saturated carbocycles. The molecule has 0 saturated heterocycles. The zero-order valence-electron chi connectivity index (χ0n) is 16.4. The number of ketones is 1. The molecule has 0 aliphatic rings. The second-order valence-corrected chi connectivity index (χ2v) is 9.68. The highest BCUT2D eigenvalue weighted by atomic mass is 35.5. The van der Waals surface area contributed by atoms with Crippen LogP contribution in [0, 0.1) is 0 Å². The van der Waals surface area contributed by atoms with Gasteiger partial charge >= 0.3 is 5.97 Å². The Morgan fingerprint density at radius 1 is 1.07 bits per heavy atom. The summed E-state index contributed by atoms with van der Waals surface area (Å²) < 4.78 is 28.0. The van der Waals surface area contributed by atoms with Gasteiger partial charge in [0.2, 0.25) is 10.0 Å². The fourth-order valence-electron chi connectivity index (χ4n) is 2.94. The minimum Gasteiger partial charge on any atom is -0.481 e. The molecule has 9 heteroatoms. The van der Waals surface area contributed by atoms with Gasteiger partial charge in [0.05, 0.1) is 10.3 Å². The van der Waals surface area contributed by atoms with Crippen LogP contribution in [0.5, 0.6) is 0 Å². The zero-order chi connectivity index (χ0) is 22.3. The number of rotatable bonds is 11. The number of aliphatic carboxylic acids is 1. The fourth-order valence-corrected chi connectivity index (χ4v) is 4.97. The van der Waals surface area contributed by atoms with Crippen LogP contribution < -0.4 is 4.72 Å². The summed E-state index contributed by atoms with van der Waals surface area (Å²) in [6, 6.07) is 10.6. The summed E-state index contributed by atoms with van der Waals surface area (Å²) in [6.45, 7) is 1.94. The first-order chi connectivity index (χ1) is 14.1. The quantitative estimate of drug-likeness (QED) is 0.427. The SMILES string of the molecule is CCCCC(CCC(=O)O)S(=O)(=O)Nc1ccc(C(=O)c2ccc(Cl)cc2Cl)cc1. The van der Waals surface area contributed by atoms with Crippen LogP contribution in [0.25, 0.3) is 0 Å². The number of carboxylic acid groups (broad SMARTS) is 1. The molecule has 2 aromatic carbocycles. The predicted molar refractivity (Wildman–Crippen MR) is 119 cm³/mol. The highest BCUT2D eigenvalue weighted by Gasteiger charge is 2.26. The highest BCUT2D eigenvalue weighted by molar-refractivity contribution is 7.93. The Balaban J connectivity index is 2.16. The third-order valence-corrected chi connectivity index (χ3v) is 7.00. The number of hydrogen-bond donors (Lipinski definition) is 2. The minimum atomic E-state index is -3.77. The standard InChI is InChI=1S/C21H23Cl2NO5S/c1-2-3-4-17(10-12-20(25)26)30(28,29)24-16-8-5-14(6-9-16)21(27)18-11-7-15(22)13-19(18)23/h5-9,11,13,17,24H,2-4,10,12H2,1H3,(H,25,26). The molecule has 0 spiro atoms. The van der Waals surface area contributed by atoms with Crippen molar-refractivity contribution in [3.8, 4) is 0 Å². The first-order valence-electron chi connectivity index (χ1n) is 9.47. The number of hydrogen-bond acceptors (Lipinski definition) is 4. The van der Waals surface area contributed by atoms with E-state index in [9.17, 15) is 18.0 Å². The number of sulfonamides is 1. The second-order valence-electron chi connectivity index (χ2n) is 6.87. The van der Waals surface area contributed by atoms with Crippen LogP contribution >= 0.6 is 23.2 Å². The number of anilines is 1. The van der Waals surface area contributed by atoms with Gasteiger partial charge in [0.25, 0.3) is 0 Å². The molecule has 162 valence electrons. The van der Waals surface area contributed by atoms with Crippen molar-refractivity contribution in [1.82, 2.24) is 0 Å². The van der Waals surface area contributed by atoms with Crippen molar-refractivity contribution in [2.24, 2.45) is 0 Å². The van der Waals surface area contributed by atoms with Gasteiger partial charge in [-0.25, -0.2) is 8.42 Å². The maximum Gasteiger partial charge on any atom is 0.303 e. The molecule has 1 atom stereocenters. The van der Waals surface area contributed by atoms with Gasteiger partial charge in [0.15, 0.2) is 5.78 Å². The first-order valence-corrected chi connectivity index (χ1v) is 11.8. The van der Waals surface area contributed by atoms with E-state index in [-0.39, 0.29) is 23.6 Å². The molecule has 0 aliphatic carbocycles. The zero-order valence-corrected chi connectivity index (χ0v) is 18.7. The predicted octanol–water partition coefficient (Wildman–Crippen LogP) is 5.39. The average molecular weight is 472 g/mol. The molecule has 1 unspecified atom stereocenters. The van der Waals surface area contributed by atoms with Gasteiger partial charge in [0, 0.05) is 28.3 Å². The largest absolute Gasteiger partial charge is 0.481 e. The molecule has 0 heterocycles. The van der Waals surface area contributed by atoms with E-state index >= 15 is 0 Å². The van der Waals surface area contributed by atoms with Crippen LogP contribution in [0.15, 0.2) is 42.5 Å². The molecule has 0 bridgehead atoms. The van der Waals surface area contributed by atoms with Gasteiger partial charge in [-0.3, -0.25) is 14.3 Å². The molecule has 0 amide bonds. The molecule has 0 radical (unpaired) electrons. The molecule has 0 aliphatic heterocycles. The van der Waals surface area contributed by atoms with Crippen molar-refractivity contribution in [3.63, 3.8) is 0 Å². The molecule has 30 heavy (non-hydrogen) atoms. The number of benzene rings is 2. The van der Waals surface area contributed by atoms with Crippen molar-refractivity contribution in [2.45, 2.75) is 44.3 Å². The van der Waals surface area contributed by atoms with E-state index in [2.05, 4.69) is 4.72 Å². The van der Waals surface area contributed by atoms with Crippen LogP contribution in [-0.2, 0) is 14.8 Å². The molecule has 2 aromatic rings. The summed E-state index contributed by atoms with van der Waals surface area (Å²) in [5.74, 6) is -1.34.